The zero-order valence-corrected chi connectivity index (χ0v) is 13.6. The minimum Gasteiger partial charge on any atom is -0.420 e. The molecular weight excluding hydrogens is 351 g/mol. The summed E-state index contributed by atoms with van der Waals surface area (Å²) >= 11 is 11.7. The van der Waals surface area contributed by atoms with E-state index in [-0.39, 0.29) is 27.2 Å². The maximum Gasteiger partial charge on any atom is 0.364 e. The van der Waals surface area contributed by atoms with Crippen LogP contribution in [0.5, 0.6) is 5.75 Å². The Hall–Kier alpha value is -1.70. The molecule has 116 valence electrons. The fraction of sp³-hybridized carbons (Fsp3) is 0.154. The Bertz CT molecular complexity index is 825. The molecule has 0 amide bonds. The fourth-order valence-electron chi connectivity index (χ4n) is 1.45. The number of benzene rings is 1. The van der Waals surface area contributed by atoms with E-state index >= 15 is 0 Å². The number of hydrogen-bond acceptors (Lipinski definition) is 6. The second kappa shape index (κ2) is 6.60. The first-order valence-corrected chi connectivity index (χ1v) is 8.48. The molecule has 2 aromatic rings. The van der Waals surface area contributed by atoms with Gasteiger partial charge in [-0.15, -0.1) is 0 Å². The molecule has 2 rings (SSSR count). The summed E-state index contributed by atoms with van der Waals surface area (Å²) in [7, 11) is -3.67. The molecule has 0 fully saturated rings. The third-order valence-electron chi connectivity index (χ3n) is 2.61. The highest BCUT2D eigenvalue weighted by Gasteiger charge is 2.22. The van der Waals surface area contributed by atoms with E-state index in [1.807, 2.05) is 0 Å². The van der Waals surface area contributed by atoms with Gasteiger partial charge in [0.2, 0.25) is 15.0 Å². The van der Waals surface area contributed by atoms with Crippen molar-refractivity contribution in [1.29, 1.82) is 0 Å². The molecule has 1 aromatic carbocycles. The lowest BCUT2D eigenvalue weighted by molar-refractivity contribution is 0.0727. The monoisotopic (exact) mass is 360 g/mol. The number of rotatable bonds is 4. The van der Waals surface area contributed by atoms with Gasteiger partial charge in [0.15, 0.2) is 5.69 Å². The molecule has 1 aromatic heterocycles. The SMILES string of the molecule is CCS(=O)(=O)c1ncc(Cl)c(C(=O)Oc2ccccc2Cl)n1. The molecule has 0 atom stereocenters. The first-order valence-electron chi connectivity index (χ1n) is 6.07. The van der Waals surface area contributed by atoms with Crippen LogP contribution >= 0.6 is 23.2 Å². The normalized spacial score (nSPS) is 11.2. The Morgan fingerprint density at radius 1 is 1.23 bits per heavy atom. The number of para-hydroxylation sites is 1. The summed E-state index contributed by atoms with van der Waals surface area (Å²) in [5, 5.41) is -0.375. The number of nitrogens with zero attached hydrogens (tertiary/aromatic N) is 2. The highest BCUT2D eigenvalue weighted by molar-refractivity contribution is 7.91. The molecule has 0 aliphatic heterocycles. The van der Waals surface area contributed by atoms with Gasteiger partial charge in [0.25, 0.3) is 0 Å². The van der Waals surface area contributed by atoms with Crippen LogP contribution in [0.2, 0.25) is 10.0 Å². The molecule has 0 aliphatic carbocycles. The summed E-state index contributed by atoms with van der Waals surface area (Å²) in [6, 6.07) is 6.32. The van der Waals surface area contributed by atoms with Gasteiger partial charge in [0.05, 0.1) is 22.0 Å². The number of carbonyl (C=O) groups excluding carboxylic acids is 1. The van der Waals surface area contributed by atoms with E-state index in [9.17, 15) is 13.2 Å². The Kier molecular flexibility index (Phi) is 5.00. The van der Waals surface area contributed by atoms with E-state index in [1.165, 1.54) is 13.0 Å². The lowest BCUT2D eigenvalue weighted by Gasteiger charge is -2.07. The maximum atomic E-state index is 12.1. The zero-order chi connectivity index (χ0) is 16.3. The highest BCUT2D eigenvalue weighted by Crippen LogP contribution is 2.25. The molecule has 0 saturated heterocycles. The van der Waals surface area contributed by atoms with E-state index in [1.54, 1.807) is 18.2 Å². The van der Waals surface area contributed by atoms with Gasteiger partial charge in [-0.1, -0.05) is 42.3 Å². The molecule has 6 nitrogen and oxygen atoms in total. The molecule has 0 bridgehead atoms. The Morgan fingerprint density at radius 3 is 2.55 bits per heavy atom. The largest absolute Gasteiger partial charge is 0.420 e. The Balaban J connectivity index is 2.38. The van der Waals surface area contributed by atoms with Crippen LogP contribution in [0.4, 0.5) is 0 Å². The van der Waals surface area contributed by atoms with E-state index in [0.29, 0.717) is 0 Å². The number of carbonyl (C=O) groups is 1. The van der Waals surface area contributed by atoms with Crippen LogP contribution in [0, 0.1) is 0 Å². The summed E-state index contributed by atoms with van der Waals surface area (Å²) in [4.78, 5) is 19.4. The lowest BCUT2D eigenvalue weighted by Crippen LogP contribution is -2.16. The quantitative estimate of drug-likeness (QED) is 0.473. The van der Waals surface area contributed by atoms with Crippen molar-refractivity contribution in [2.24, 2.45) is 0 Å². The van der Waals surface area contributed by atoms with Gasteiger partial charge in [0, 0.05) is 0 Å². The van der Waals surface area contributed by atoms with Gasteiger partial charge in [-0.2, -0.15) is 0 Å². The smallest absolute Gasteiger partial charge is 0.364 e. The fourth-order valence-corrected chi connectivity index (χ4v) is 2.49. The third kappa shape index (κ3) is 3.55. The predicted molar refractivity (Wildman–Crippen MR) is 81.2 cm³/mol. The zero-order valence-electron chi connectivity index (χ0n) is 11.3. The lowest BCUT2D eigenvalue weighted by atomic mass is 10.3. The van der Waals surface area contributed by atoms with Crippen LogP contribution in [-0.2, 0) is 9.84 Å². The number of ether oxygens (including phenoxy) is 1. The van der Waals surface area contributed by atoms with Gasteiger partial charge in [0.1, 0.15) is 5.75 Å². The molecule has 0 N–H and O–H groups in total. The van der Waals surface area contributed by atoms with Crippen molar-refractivity contribution in [3.8, 4) is 5.75 Å². The van der Waals surface area contributed by atoms with Crippen LogP contribution in [-0.4, -0.2) is 30.1 Å². The van der Waals surface area contributed by atoms with Gasteiger partial charge in [-0.25, -0.2) is 23.2 Å². The number of aromatic nitrogens is 2. The molecule has 9 heteroatoms. The molecule has 0 aliphatic rings. The van der Waals surface area contributed by atoms with E-state index in [2.05, 4.69) is 9.97 Å². The second-order valence-corrected chi connectivity index (χ2v) is 7.06. The van der Waals surface area contributed by atoms with Crippen molar-refractivity contribution in [2.75, 3.05) is 5.75 Å². The van der Waals surface area contributed by atoms with Crippen molar-refractivity contribution >= 4 is 39.0 Å². The predicted octanol–water partition coefficient (Wildman–Crippen LogP) is 2.80. The van der Waals surface area contributed by atoms with Crippen molar-refractivity contribution < 1.29 is 17.9 Å². The summed E-state index contributed by atoms with van der Waals surface area (Å²) in [5.74, 6) is -1.01. The van der Waals surface area contributed by atoms with Crippen LogP contribution in [0.3, 0.4) is 0 Å². The summed E-state index contributed by atoms with van der Waals surface area (Å²) in [5.41, 5.74) is -0.344. The Labute approximate surface area is 137 Å². The van der Waals surface area contributed by atoms with E-state index in [4.69, 9.17) is 27.9 Å². The highest BCUT2D eigenvalue weighted by atomic mass is 35.5. The van der Waals surface area contributed by atoms with E-state index in [0.717, 1.165) is 6.20 Å². The average molecular weight is 361 g/mol. The molecule has 22 heavy (non-hydrogen) atoms. The number of sulfone groups is 1. The average Bonchev–Trinajstić information content (AvgIpc) is 2.49. The van der Waals surface area contributed by atoms with Gasteiger partial charge >= 0.3 is 5.97 Å². The summed E-state index contributed by atoms with van der Waals surface area (Å²) < 4.78 is 28.6. The second-order valence-electron chi connectivity index (χ2n) is 4.07. The maximum absolute atomic E-state index is 12.1. The topological polar surface area (TPSA) is 86.2 Å². The molecular formula is C13H10Cl2N2O4S. The third-order valence-corrected chi connectivity index (χ3v) is 4.71. The number of halogens is 2. The molecule has 0 spiro atoms. The van der Waals surface area contributed by atoms with E-state index < -0.39 is 21.0 Å². The van der Waals surface area contributed by atoms with Crippen LogP contribution in [0.1, 0.15) is 17.4 Å². The standard InChI is InChI=1S/C13H10Cl2N2O4S/c1-2-22(19,20)13-16-7-9(15)11(17-13)12(18)21-10-6-4-3-5-8(10)14/h3-7H,2H2,1H3. The number of esters is 1. The minimum atomic E-state index is -3.67. The Morgan fingerprint density at radius 2 is 1.91 bits per heavy atom. The van der Waals surface area contributed by atoms with Crippen LogP contribution < -0.4 is 4.74 Å². The molecule has 1 heterocycles. The van der Waals surface area contributed by atoms with Gasteiger partial charge < -0.3 is 4.74 Å². The minimum absolute atomic E-state index is 0.115. The van der Waals surface area contributed by atoms with Crippen molar-refractivity contribution in [2.45, 2.75) is 12.1 Å². The van der Waals surface area contributed by atoms with Crippen molar-refractivity contribution in [1.82, 2.24) is 9.97 Å². The van der Waals surface area contributed by atoms with Gasteiger partial charge in [-0.3, -0.25) is 0 Å². The van der Waals surface area contributed by atoms with Gasteiger partial charge in [-0.05, 0) is 12.1 Å². The molecule has 0 saturated carbocycles. The molecule has 0 radical (unpaired) electrons. The first kappa shape index (κ1) is 16.7. The molecule has 0 unspecified atom stereocenters. The first-order chi connectivity index (χ1) is 10.3. The summed E-state index contributed by atoms with van der Waals surface area (Å²) in [6.45, 7) is 1.44. The van der Waals surface area contributed by atoms with Crippen LogP contribution in [0.15, 0.2) is 35.6 Å². The van der Waals surface area contributed by atoms with Crippen molar-refractivity contribution in [3.63, 3.8) is 0 Å². The summed E-state index contributed by atoms with van der Waals surface area (Å²) in [6.07, 6.45) is 1.04. The van der Waals surface area contributed by atoms with Crippen LogP contribution in [0.25, 0.3) is 0 Å². The number of hydrogen-bond donors (Lipinski definition) is 0. The van der Waals surface area contributed by atoms with Crippen molar-refractivity contribution in [3.05, 3.63) is 46.2 Å².